The third-order valence-electron chi connectivity index (χ3n) is 3.37. The lowest BCUT2D eigenvalue weighted by Gasteiger charge is -2.14. The van der Waals surface area contributed by atoms with E-state index in [1.807, 2.05) is 7.05 Å². The van der Waals surface area contributed by atoms with Crippen LogP contribution in [0.5, 0.6) is 0 Å². The van der Waals surface area contributed by atoms with E-state index in [0.717, 1.165) is 19.5 Å². The zero-order chi connectivity index (χ0) is 14.8. The molecule has 110 valence electrons. The van der Waals surface area contributed by atoms with Crippen LogP contribution in [-0.2, 0) is 15.8 Å². The van der Waals surface area contributed by atoms with Crippen LogP contribution in [0.2, 0.25) is 0 Å². The van der Waals surface area contributed by atoms with Crippen molar-refractivity contribution in [2.45, 2.75) is 18.2 Å². The van der Waals surface area contributed by atoms with Crippen molar-refractivity contribution in [3.63, 3.8) is 0 Å². The molecule has 5 nitrogen and oxygen atoms in total. The Morgan fingerprint density at radius 2 is 2.20 bits per heavy atom. The molecule has 1 aliphatic heterocycles. The number of likely N-dealkylation sites (tertiary alicyclic amines) is 1. The molecule has 7 heteroatoms. The van der Waals surface area contributed by atoms with Gasteiger partial charge in [-0.15, -0.1) is 0 Å². The maximum Gasteiger partial charge on any atom is 0.216 e. The molecule has 3 N–H and O–H groups in total. The van der Waals surface area contributed by atoms with Crippen molar-refractivity contribution < 1.29 is 8.42 Å². The molecule has 20 heavy (non-hydrogen) atoms. The molecule has 1 aromatic rings. The van der Waals surface area contributed by atoms with E-state index < -0.39 is 10.0 Å². The van der Waals surface area contributed by atoms with Crippen LogP contribution in [0.15, 0.2) is 24.3 Å². The van der Waals surface area contributed by atoms with Gasteiger partial charge in [-0.3, -0.25) is 0 Å². The van der Waals surface area contributed by atoms with Crippen LogP contribution in [0, 0.1) is 0 Å². The summed E-state index contributed by atoms with van der Waals surface area (Å²) in [5, 5.41) is 0. The number of nitrogens with two attached hydrogens (primary N) is 1. The van der Waals surface area contributed by atoms with Crippen molar-refractivity contribution in [3.8, 4) is 0 Å². The van der Waals surface area contributed by atoms with Gasteiger partial charge in [0.2, 0.25) is 10.0 Å². The Hall–Kier alpha value is -1.02. The first-order valence-electron chi connectivity index (χ1n) is 6.43. The lowest BCUT2D eigenvalue weighted by molar-refractivity contribution is 0.407. The summed E-state index contributed by atoms with van der Waals surface area (Å²) in [7, 11) is -1.41. The van der Waals surface area contributed by atoms with Crippen molar-refractivity contribution in [1.82, 2.24) is 9.62 Å². The predicted octanol–water partition coefficient (Wildman–Crippen LogP) is 0.444. The average molecular weight is 313 g/mol. The summed E-state index contributed by atoms with van der Waals surface area (Å²) in [4.78, 5) is 2.33. The van der Waals surface area contributed by atoms with Gasteiger partial charge in [0.1, 0.15) is 4.99 Å². The fourth-order valence-corrected chi connectivity index (χ4v) is 4.06. The van der Waals surface area contributed by atoms with Gasteiger partial charge < -0.3 is 10.6 Å². The summed E-state index contributed by atoms with van der Waals surface area (Å²) < 4.78 is 27.2. The van der Waals surface area contributed by atoms with Gasteiger partial charge in [0.15, 0.2) is 0 Å². The van der Waals surface area contributed by atoms with Gasteiger partial charge >= 0.3 is 0 Å². The molecule has 1 heterocycles. The third-order valence-corrected chi connectivity index (χ3v) is 4.97. The Kier molecular flexibility index (Phi) is 4.74. The smallest absolute Gasteiger partial charge is 0.216 e. The van der Waals surface area contributed by atoms with E-state index in [1.54, 1.807) is 24.3 Å². The van der Waals surface area contributed by atoms with Gasteiger partial charge in [-0.1, -0.05) is 36.5 Å². The first-order valence-corrected chi connectivity index (χ1v) is 8.50. The average Bonchev–Trinajstić information content (AvgIpc) is 2.73. The van der Waals surface area contributed by atoms with Crippen LogP contribution in [0.3, 0.4) is 0 Å². The number of thiocarbonyl (C=S) groups is 1. The maximum absolute atomic E-state index is 12.2. The Morgan fingerprint density at radius 1 is 1.50 bits per heavy atom. The summed E-state index contributed by atoms with van der Waals surface area (Å²) in [6.45, 7) is 1.66. The molecule has 1 aromatic carbocycles. The second-order valence-electron chi connectivity index (χ2n) is 5.15. The lowest BCUT2D eigenvalue weighted by atomic mass is 10.1. The standard InChI is InChI=1S/C13H19N3O2S2/c1-16-7-6-11(8-16)15-20(17,18)9-10-4-2-3-5-12(10)13(14)19/h2-5,11,15H,6-9H2,1H3,(H2,14,19). The van der Waals surface area contributed by atoms with E-state index in [1.165, 1.54) is 0 Å². The minimum atomic E-state index is -3.39. The van der Waals surface area contributed by atoms with E-state index in [-0.39, 0.29) is 16.8 Å². The molecular weight excluding hydrogens is 294 g/mol. The van der Waals surface area contributed by atoms with E-state index in [0.29, 0.717) is 11.1 Å². The molecule has 0 aliphatic carbocycles. The Labute approximate surface area is 125 Å². The van der Waals surface area contributed by atoms with Gasteiger partial charge in [0.25, 0.3) is 0 Å². The number of sulfonamides is 1. The number of rotatable bonds is 5. The number of hydrogen-bond acceptors (Lipinski definition) is 4. The maximum atomic E-state index is 12.2. The summed E-state index contributed by atoms with van der Waals surface area (Å²) in [6.07, 6.45) is 0.840. The molecule has 0 amide bonds. The molecule has 0 bridgehead atoms. The van der Waals surface area contributed by atoms with Crippen molar-refractivity contribution in [3.05, 3.63) is 35.4 Å². The predicted molar refractivity (Wildman–Crippen MR) is 84.0 cm³/mol. The van der Waals surface area contributed by atoms with E-state index in [4.69, 9.17) is 18.0 Å². The van der Waals surface area contributed by atoms with E-state index in [2.05, 4.69) is 9.62 Å². The molecule has 1 unspecified atom stereocenters. The lowest BCUT2D eigenvalue weighted by Crippen LogP contribution is -2.37. The molecule has 1 saturated heterocycles. The Morgan fingerprint density at radius 3 is 2.80 bits per heavy atom. The largest absolute Gasteiger partial charge is 0.389 e. The molecule has 1 fully saturated rings. The number of nitrogens with zero attached hydrogens (tertiary/aromatic N) is 1. The Bertz CT molecular complexity index is 601. The van der Waals surface area contributed by atoms with Crippen molar-refractivity contribution in [1.29, 1.82) is 0 Å². The molecular formula is C13H19N3O2S2. The quantitative estimate of drug-likeness (QED) is 0.772. The van der Waals surface area contributed by atoms with Crippen molar-refractivity contribution >= 4 is 27.2 Å². The zero-order valence-corrected chi connectivity index (χ0v) is 13.0. The molecule has 0 radical (unpaired) electrons. The number of hydrogen-bond donors (Lipinski definition) is 2. The summed E-state index contributed by atoms with van der Waals surface area (Å²) >= 11 is 4.95. The highest BCUT2D eigenvalue weighted by Crippen LogP contribution is 2.14. The van der Waals surface area contributed by atoms with Gasteiger partial charge in [-0.2, -0.15) is 0 Å². The highest BCUT2D eigenvalue weighted by molar-refractivity contribution is 7.88. The minimum absolute atomic E-state index is 0.0120. The van der Waals surface area contributed by atoms with E-state index >= 15 is 0 Å². The van der Waals surface area contributed by atoms with Gasteiger partial charge in [0, 0.05) is 18.2 Å². The monoisotopic (exact) mass is 313 g/mol. The highest BCUT2D eigenvalue weighted by Gasteiger charge is 2.25. The molecule has 0 saturated carbocycles. The normalized spacial score (nSPS) is 20.1. The van der Waals surface area contributed by atoms with Gasteiger partial charge in [0.05, 0.1) is 5.75 Å². The molecule has 1 aliphatic rings. The minimum Gasteiger partial charge on any atom is -0.389 e. The van der Waals surface area contributed by atoms with Crippen LogP contribution in [0.4, 0.5) is 0 Å². The van der Waals surface area contributed by atoms with Crippen LogP contribution < -0.4 is 10.5 Å². The van der Waals surface area contributed by atoms with Crippen LogP contribution in [-0.4, -0.2) is 44.5 Å². The van der Waals surface area contributed by atoms with Gasteiger partial charge in [-0.05, 0) is 25.6 Å². The fraction of sp³-hybridized carbons (Fsp3) is 0.462. The molecule has 2 rings (SSSR count). The number of likely N-dealkylation sites (N-methyl/N-ethyl adjacent to an activating group) is 1. The van der Waals surface area contributed by atoms with Crippen LogP contribution in [0.25, 0.3) is 0 Å². The number of nitrogens with one attached hydrogen (secondary N) is 1. The summed E-state index contributed by atoms with van der Waals surface area (Å²) in [5.74, 6) is -0.0965. The first kappa shape index (κ1) is 15.4. The van der Waals surface area contributed by atoms with Crippen LogP contribution in [0.1, 0.15) is 17.5 Å². The highest BCUT2D eigenvalue weighted by atomic mass is 32.2. The molecule has 1 atom stereocenters. The summed E-state index contributed by atoms with van der Waals surface area (Å²) in [5.41, 5.74) is 6.88. The third kappa shape index (κ3) is 3.99. The fourth-order valence-electron chi connectivity index (χ4n) is 2.42. The summed E-state index contributed by atoms with van der Waals surface area (Å²) in [6, 6.07) is 7.06. The second-order valence-corrected chi connectivity index (χ2v) is 7.34. The Balaban J connectivity index is 2.10. The van der Waals surface area contributed by atoms with Crippen molar-refractivity contribution in [2.75, 3.05) is 20.1 Å². The second kappa shape index (κ2) is 6.17. The van der Waals surface area contributed by atoms with Crippen molar-refractivity contribution in [2.24, 2.45) is 5.73 Å². The number of benzene rings is 1. The SMILES string of the molecule is CN1CCC(NS(=O)(=O)Cc2ccccc2C(N)=S)C1. The van der Waals surface area contributed by atoms with Crippen LogP contribution >= 0.6 is 12.2 Å². The topological polar surface area (TPSA) is 75.4 Å². The molecule has 0 spiro atoms. The zero-order valence-electron chi connectivity index (χ0n) is 11.4. The molecule has 0 aromatic heterocycles. The van der Waals surface area contributed by atoms with Gasteiger partial charge in [-0.25, -0.2) is 13.1 Å². The first-order chi connectivity index (χ1) is 9.37. The van der Waals surface area contributed by atoms with E-state index in [9.17, 15) is 8.42 Å².